The van der Waals surface area contributed by atoms with Crippen LogP contribution in [0.5, 0.6) is 0 Å². The summed E-state index contributed by atoms with van der Waals surface area (Å²) in [7, 11) is 1.33. The highest BCUT2D eigenvalue weighted by Crippen LogP contribution is 2.29. The van der Waals surface area contributed by atoms with E-state index in [1.165, 1.54) is 7.11 Å². The Labute approximate surface area is 187 Å². The molecule has 4 aromatic rings. The summed E-state index contributed by atoms with van der Waals surface area (Å²) in [5.74, 6) is -0.848. The van der Waals surface area contributed by atoms with Crippen molar-refractivity contribution in [3.63, 3.8) is 0 Å². The minimum Gasteiger partial charge on any atom is -0.467 e. The van der Waals surface area contributed by atoms with Gasteiger partial charge < -0.3 is 14.8 Å². The number of fused-ring (bicyclic) bond motifs is 2. The number of hydrogen-bond acceptors (Lipinski definition) is 4. The van der Waals surface area contributed by atoms with Crippen LogP contribution in [0, 0.1) is 0 Å². The number of hydrogen-bond donors (Lipinski definition) is 1. The molecule has 4 aromatic carbocycles. The third kappa shape index (κ3) is 4.95. The van der Waals surface area contributed by atoms with Gasteiger partial charge in [-0.2, -0.15) is 0 Å². The topological polar surface area (TPSA) is 64.6 Å². The SMILES string of the molecule is COC(=O)[C@H](Cc1c2ccccc2cc2ccccc12)NC(=O)COCc1ccccc1. The number of benzene rings is 4. The van der Waals surface area contributed by atoms with E-state index < -0.39 is 12.0 Å². The van der Waals surface area contributed by atoms with Gasteiger partial charge in [-0.15, -0.1) is 0 Å². The Kier molecular flexibility index (Phi) is 6.78. The number of esters is 1. The molecule has 0 aromatic heterocycles. The maximum absolute atomic E-state index is 12.5. The summed E-state index contributed by atoms with van der Waals surface area (Å²) in [6.07, 6.45) is 0.318. The summed E-state index contributed by atoms with van der Waals surface area (Å²) >= 11 is 0. The molecule has 1 amide bonds. The van der Waals surface area contributed by atoms with Crippen LogP contribution in [0.2, 0.25) is 0 Å². The lowest BCUT2D eigenvalue weighted by atomic mass is 9.92. The Hall–Kier alpha value is -3.70. The van der Waals surface area contributed by atoms with Gasteiger partial charge in [0.05, 0.1) is 13.7 Å². The first-order valence-corrected chi connectivity index (χ1v) is 10.5. The predicted octanol–water partition coefficient (Wildman–Crippen LogP) is 4.41. The third-order valence-corrected chi connectivity index (χ3v) is 5.46. The van der Waals surface area contributed by atoms with Crippen molar-refractivity contribution in [2.24, 2.45) is 0 Å². The number of ether oxygens (including phenoxy) is 2. The molecule has 5 heteroatoms. The predicted molar refractivity (Wildman–Crippen MR) is 125 cm³/mol. The van der Waals surface area contributed by atoms with Crippen LogP contribution in [0.4, 0.5) is 0 Å². The van der Waals surface area contributed by atoms with Crippen LogP contribution in [0.25, 0.3) is 21.5 Å². The second kappa shape index (κ2) is 10.1. The van der Waals surface area contributed by atoms with Crippen molar-refractivity contribution in [3.05, 3.63) is 96.1 Å². The van der Waals surface area contributed by atoms with Gasteiger partial charge in [0, 0.05) is 6.42 Å². The molecule has 0 fully saturated rings. The molecule has 0 aliphatic rings. The van der Waals surface area contributed by atoms with Crippen molar-refractivity contribution in [2.75, 3.05) is 13.7 Å². The highest BCUT2D eigenvalue weighted by molar-refractivity contribution is 6.02. The standard InChI is InChI=1S/C27H25NO4/c1-31-27(30)25(28-26(29)18-32-17-19-9-3-2-4-10-19)16-24-22-13-7-5-11-20(22)15-21-12-6-8-14-23(21)24/h2-15,25H,16-18H2,1H3,(H,28,29)/t25-/m0/s1. The van der Waals surface area contributed by atoms with Crippen LogP contribution in [-0.2, 0) is 32.1 Å². The van der Waals surface area contributed by atoms with Crippen molar-refractivity contribution in [1.82, 2.24) is 5.32 Å². The van der Waals surface area contributed by atoms with E-state index in [0.717, 1.165) is 32.7 Å². The van der Waals surface area contributed by atoms with E-state index in [9.17, 15) is 9.59 Å². The molecular weight excluding hydrogens is 402 g/mol. The first-order chi connectivity index (χ1) is 15.7. The van der Waals surface area contributed by atoms with Gasteiger partial charge in [0.2, 0.25) is 5.91 Å². The first kappa shape index (κ1) is 21.5. The lowest BCUT2D eigenvalue weighted by molar-refractivity contribution is -0.145. The van der Waals surface area contributed by atoms with E-state index >= 15 is 0 Å². The van der Waals surface area contributed by atoms with Gasteiger partial charge >= 0.3 is 5.97 Å². The largest absolute Gasteiger partial charge is 0.467 e. The number of rotatable bonds is 8. The fraction of sp³-hybridized carbons (Fsp3) is 0.185. The van der Waals surface area contributed by atoms with Gasteiger partial charge in [-0.1, -0.05) is 78.9 Å². The summed E-state index contributed by atoms with van der Waals surface area (Å²) in [6, 6.07) is 27.0. The van der Waals surface area contributed by atoms with E-state index in [1.807, 2.05) is 66.7 Å². The Morgan fingerprint density at radius 2 is 1.44 bits per heavy atom. The molecule has 0 bridgehead atoms. The molecule has 4 rings (SSSR count). The summed E-state index contributed by atoms with van der Waals surface area (Å²) < 4.78 is 10.5. The zero-order valence-corrected chi connectivity index (χ0v) is 17.9. The van der Waals surface area contributed by atoms with Gasteiger partial charge in [0.1, 0.15) is 12.6 Å². The van der Waals surface area contributed by atoms with Crippen molar-refractivity contribution in [3.8, 4) is 0 Å². The maximum atomic E-state index is 12.5. The zero-order chi connectivity index (χ0) is 22.3. The summed E-state index contributed by atoms with van der Waals surface area (Å²) in [6.45, 7) is 0.184. The molecule has 1 atom stereocenters. The number of nitrogens with one attached hydrogen (secondary N) is 1. The second-order valence-electron chi connectivity index (χ2n) is 7.62. The fourth-order valence-corrected chi connectivity index (χ4v) is 3.94. The molecule has 32 heavy (non-hydrogen) atoms. The minimum atomic E-state index is -0.818. The van der Waals surface area contributed by atoms with Crippen molar-refractivity contribution < 1.29 is 19.1 Å². The van der Waals surface area contributed by atoms with Crippen LogP contribution in [0.15, 0.2) is 84.9 Å². The Balaban J connectivity index is 1.54. The molecule has 0 aliphatic heterocycles. The quantitative estimate of drug-likeness (QED) is 0.334. The van der Waals surface area contributed by atoms with Gasteiger partial charge in [0.25, 0.3) is 0 Å². The van der Waals surface area contributed by atoms with Crippen LogP contribution < -0.4 is 5.32 Å². The Morgan fingerprint density at radius 1 is 0.844 bits per heavy atom. The Morgan fingerprint density at radius 3 is 2.06 bits per heavy atom. The minimum absolute atomic E-state index is 0.140. The van der Waals surface area contributed by atoms with Gasteiger partial charge in [-0.25, -0.2) is 4.79 Å². The lowest BCUT2D eigenvalue weighted by Crippen LogP contribution is -2.44. The molecule has 1 N–H and O–H groups in total. The van der Waals surface area contributed by atoms with Crippen LogP contribution in [0.3, 0.4) is 0 Å². The zero-order valence-electron chi connectivity index (χ0n) is 17.9. The van der Waals surface area contributed by atoms with E-state index in [-0.39, 0.29) is 12.5 Å². The fourth-order valence-electron chi connectivity index (χ4n) is 3.94. The number of carbonyl (C=O) groups is 2. The molecule has 0 saturated heterocycles. The van der Waals surface area contributed by atoms with E-state index in [0.29, 0.717) is 13.0 Å². The highest BCUT2D eigenvalue weighted by Gasteiger charge is 2.24. The Bertz CT molecular complexity index is 1180. The van der Waals surface area contributed by atoms with Crippen molar-refractivity contribution in [2.45, 2.75) is 19.1 Å². The van der Waals surface area contributed by atoms with Crippen molar-refractivity contribution >= 4 is 33.4 Å². The molecule has 0 heterocycles. The molecule has 0 saturated carbocycles. The highest BCUT2D eigenvalue weighted by atomic mass is 16.5. The van der Waals surface area contributed by atoms with E-state index in [1.54, 1.807) is 0 Å². The smallest absolute Gasteiger partial charge is 0.328 e. The number of methoxy groups -OCH3 is 1. The normalized spacial score (nSPS) is 11.9. The van der Waals surface area contributed by atoms with Crippen LogP contribution >= 0.6 is 0 Å². The van der Waals surface area contributed by atoms with E-state index in [2.05, 4.69) is 23.5 Å². The molecule has 0 spiro atoms. The maximum Gasteiger partial charge on any atom is 0.328 e. The monoisotopic (exact) mass is 427 g/mol. The van der Waals surface area contributed by atoms with Crippen LogP contribution in [-0.4, -0.2) is 31.6 Å². The van der Waals surface area contributed by atoms with Gasteiger partial charge in [0.15, 0.2) is 0 Å². The molecular formula is C27H25NO4. The van der Waals surface area contributed by atoms with Gasteiger partial charge in [-0.3, -0.25) is 4.79 Å². The molecule has 5 nitrogen and oxygen atoms in total. The van der Waals surface area contributed by atoms with Crippen molar-refractivity contribution in [1.29, 1.82) is 0 Å². The average molecular weight is 428 g/mol. The number of carbonyl (C=O) groups excluding carboxylic acids is 2. The summed E-state index contributed by atoms with van der Waals surface area (Å²) in [4.78, 5) is 25.1. The molecule has 162 valence electrons. The molecule has 0 aliphatic carbocycles. The molecule has 0 radical (unpaired) electrons. The summed E-state index contributed by atoms with van der Waals surface area (Å²) in [5.41, 5.74) is 1.98. The number of amides is 1. The first-order valence-electron chi connectivity index (χ1n) is 10.5. The third-order valence-electron chi connectivity index (χ3n) is 5.46. The van der Waals surface area contributed by atoms with Gasteiger partial charge in [-0.05, 0) is 38.7 Å². The summed E-state index contributed by atoms with van der Waals surface area (Å²) in [5, 5.41) is 7.07. The average Bonchev–Trinajstić information content (AvgIpc) is 2.83. The second-order valence-corrected chi connectivity index (χ2v) is 7.62. The van der Waals surface area contributed by atoms with Crippen LogP contribution in [0.1, 0.15) is 11.1 Å². The molecule has 0 unspecified atom stereocenters. The lowest BCUT2D eigenvalue weighted by Gasteiger charge is -2.19. The van der Waals surface area contributed by atoms with E-state index in [4.69, 9.17) is 9.47 Å².